The Hall–Kier alpha value is -3.63. The summed E-state index contributed by atoms with van der Waals surface area (Å²) in [6, 6.07) is 16.2. The van der Waals surface area contributed by atoms with E-state index in [1.807, 2.05) is 19.1 Å². The quantitative estimate of drug-likeness (QED) is 0.665. The van der Waals surface area contributed by atoms with Crippen LogP contribution in [-0.4, -0.2) is 33.0 Å². The lowest BCUT2D eigenvalue weighted by atomic mass is 10.1. The number of nitrogens with zero attached hydrogens (tertiary/aromatic N) is 4. The Morgan fingerprint density at radius 2 is 2.00 bits per heavy atom. The highest BCUT2D eigenvalue weighted by molar-refractivity contribution is 6.31. The maximum Gasteiger partial charge on any atom is 0.272 e. The normalized spacial score (nSPS) is 15.4. The van der Waals surface area contributed by atoms with E-state index < -0.39 is 0 Å². The van der Waals surface area contributed by atoms with Gasteiger partial charge in [-0.3, -0.25) is 14.3 Å². The zero-order valence-corrected chi connectivity index (χ0v) is 17.8. The molecule has 0 bridgehead atoms. The van der Waals surface area contributed by atoms with Crippen molar-refractivity contribution in [3.8, 4) is 17.3 Å². The van der Waals surface area contributed by atoms with Gasteiger partial charge in [-0.25, -0.2) is 0 Å². The van der Waals surface area contributed by atoms with Crippen LogP contribution in [0.2, 0.25) is 5.02 Å². The van der Waals surface area contributed by atoms with Crippen molar-refractivity contribution in [1.29, 1.82) is 5.26 Å². The van der Waals surface area contributed by atoms with Gasteiger partial charge in [0, 0.05) is 30.6 Å². The zero-order valence-electron chi connectivity index (χ0n) is 17.1. The van der Waals surface area contributed by atoms with Crippen LogP contribution in [0, 0.1) is 11.3 Å². The lowest BCUT2D eigenvalue weighted by molar-refractivity contribution is -0.114. The van der Waals surface area contributed by atoms with Crippen LogP contribution in [0.15, 0.2) is 48.5 Å². The van der Waals surface area contributed by atoms with E-state index in [0.29, 0.717) is 46.3 Å². The summed E-state index contributed by atoms with van der Waals surface area (Å²) in [5.74, 6) is -0.332. The van der Waals surface area contributed by atoms with Crippen molar-refractivity contribution in [3.63, 3.8) is 0 Å². The molecule has 0 aliphatic carbocycles. The second-order valence-corrected chi connectivity index (χ2v) is 8.01. The fourth-order valence-electron chi connectivity index (χ4n) is 3.74. The number of carbonyl (C=O) groups is 2. The Morgan fingerprint density at radius 3 is 2.68 bits per heavy atom. The average molecular weight is 434 g/mol. The Kier molecular flexibility index (Phi) is 5.49. The minimum absolute atomic E-state index is 0.0173. The van der Waals surface area contributed by atoms with Crippen molar-refractivity contribution in [1.82, 2.24) is 14.7 Å². The zero-order chi connectivity index (χ0) is 22.1. The Balaban J connectivity index is 1.65. The molecule has 2 amide bonds. The lowest BCUT2D eigenvalue weighted by Crippen LogP contribution is -2.41. The first-order valence-electron chi connectivity index (χ1n) is 9.81. The number of benzene rings is 2. The average Bonchev–Trinajstić information content (AvgIpc) is 3.18. The van der Waals surface area contributed by atoms with Crippen LogP contribution in [0.3, 0.4) is 0 Å². The summed E-state index contributed by atoms with van der Waals surface area (Å²) in [6.45, 7) is 4.41. The molecule has 0 saturated heterocycles. The number of hydrogen-bond acceptors (Lipinski definition) is 4. The molecule has 1 aliphatic rings. The Labute approximate surface area is 184 Å². The number of nitrogens with one attached hydrogen (secondary N) is 1. The van der Waals surface area contributed by atoms with E-state index in [4.69, 9.17) is 16.9 Å². The highest BCUT2D eigenvalue weighted by atomic mass is 35.5. The van der Waals surface area contributed by atoms with E-state index in [2.05, 4.69) is 16.5 Å². The molecule has 0 fully saturated rings. The second-order valence-electron chi connectivity index (χ2n) is 7.57. The van der Waals surface area contributed by atoms with Crippen molar-refractivity contribution < 1.29 is 9.59 Å². The van der Waals surface area contributed by atoms with Gasteiger partial charge in [0.2, 0.25) is 5.91 Å². The summed E-state index contributed by atoms with van der Waals surface area (Å²) in [5, 5.41) is 16.9. The number of nitriles is 1. The molecule has 0 radical (unpaired) electrons. The maximum absolute atomic E-state index is 13.2. The first-order chi connectivity index (χ1) is 14.9. The van der Waals surface area contributed by atoms with Crippen LogP contribution in [-0.2, 0) is 11.3 Å². The van der Waals surface area contributed by atoms with Crippen LogP contribution in [0.4, 0.5) is 5.69 Å². The molecule has 3 aromatic rings. The Morgan fingerprint density at radius 1 is 1.26 bits per heavy atom. The van der Waals surface area contributed by atoms with Crippen molar-refractivity contribution in [2.24, 2.45) is 0 Å². The first kappa shape index (κ1) is 20.6. The summed E-state index contributed by atoms with van der Waals surface area (Å²) >= 11 is 6.09. The van der Waals surface area contributed by atoms with E-state index in [1.54, 1.807) is 46.0 Å². The highest BCUT2D eigenvalue weighted by Gasteiger charge is 2.31. The van der Waals surface area contributed by atoms with Gasteiger partial charge in [0.15, 0.2) is 0 Å². The third-order valence-electron chi connectivity index (χ3n) is 5.17. The van der Waals surface area contributed by atoms with Gasteiger partial charge >= 0.3 is 0 Å². The van der Waals surface area contributed by atoms with Gasteiger partial charge in [0.1, 0.15) is 5.69 Å². The summed E-state index contributed by atoms with van der Waals surface area (Å²) in [6.07, 6.45) is 0. The van der Waals surface area contributed by atoms with Crippen molar-refractivity contribution >= 4 is 29.1 Å². The summed E-state index contributed by atoms with van der Waals surface area (Å²) in [7, 11) is 0. The van der Waals surface area contributed by atoms with E-state index in [0.717, 1.165) is 5.56 Å². The molecule has 1 N–H and O–H groups in total. The molecule has 1 aromatic heterocycles. The van der Waals surface area contributed by atoms with Gasteiger partial charge in [0.05, 0.1) is 29.1 Å². The van der Waals surface area contributed by atoms with Crippen LogP contribution >= 0.6 is 11.6 Å². The minimum atomic E-state index is -0.217. The molecule has 7 nitrogen and oxygen atoms in total. The van der Waals surface area contributed by atoms with Gasteiger partial charge in [-0.05, 0) is 48.9 Å². The molecule has 0 saturated carbocycles. The molecule has 2 heterocycles. The number of anilines is 1. The van der Waals surface area contributed by atoms with Gasteiger partial charge in [0.25, 0.3) is 5.91 Å². The number of rotatable bonds is 4. The predicted molar refractivity (Wildman–Crippen MR) is 118 cm³/mol. The molecule has 1 aliphatic heterocycles. The van der Waals surface area contributed by atoms with Gasteiger partial charge < -0.3 is 10.2 Å². The predicted octanol–water partition coefficient (Wildman–Crippen LogP) is 4.25. The standard InChI is InChI=1S/C23H20ClN5O2/c1-14-12-28(13-17-5-3-16(11-25)4-6-17)23(31)22-10-21(27-29(14)22)19-8-7-18(24)9-20(19)26-15(2)30/h3-10,14H,12-13H2,1-2H3,(H,26,30)/t14-/m0/s1. The van der Waals surface area contributed by atoms with E-state index in [1.165, 1.54) is 6.92 Å². The fraction of sp³-hybridized carbons (Fsp3) is 0.217. The first-order valence-corrected chi connectivity index (χ1v) is 10.2. The van der Waals surface area contributed by atoms with Crippen molar-refractivity contribution in [2.75, 3.05) is 11.9 Å². The second kappa shape index (κ2) is 8.25. The molecule has 1 atom stereocenters. The number of hydrogen-bond donors (Lipinski definition) is 1. The number of fused-ring (bicyclic) bond motifs is 1. The molecule has 8 heteroatoms. The lowest BCUT2D eigenvalue weighted by Gasteiger charge is -2.31. The van der Waals surface area contributed by atoms with Gasteiger partial charge in [-0.1, -0.05) is 23.7 Å². The van der Waals surface area contributed by atoms with Crippen molar-refractivity contribution in [3.05, 3.63) is 70.4 Å². The molecular weight excluding hydrogens is 414 g/mol. The maximum atomic E-state index is 13.2. The molecule has 0 spiro atoms. The number of halogens is 1. The number of aromatic nitrogens is 2. The largest absolute Gasteiger partial charge is 0.331 e. The van der Waals surface area contributed by atoms with Crippen LogP contribution in [0.1, 0.15) is 41.5 Å². The van der Waals surface area contributed by atoms with Gasteiger partial charge in [-0.2, -0.15) is 10.4 Å². The Bertz CT molecular complexity index is 1210. The summed E-state index contributed by atoms with van der Waals surface area (Å²) in [5.41, 5.74) is 3.87. The van der Waals surface area contributed by atoms with E-state index in [-0.39, 0.29) is 17.9 Å². The third-order valence-corrected chi connectivity index (χ3v) is 5.40. The molecule has 156 valence electrons. The van der Waals surface area contributed by atoms with Gasteiger partial charge in [-0.15, -0.1) is 0 Å². The van der Waals surface area contributed by atoms with Crippen LogP contribution in [0.5, 0.6) is 0 Å². The monoisotopic (exact) mass is 433 g/mol. The molecule has 0 unspecified atom stereocenters. The smallest absolute Gasteiger partial charge is 0.272 e. The van der Waals surface area contributed by atoms with E-state index >= 15 is 0 Å². The minimum Gasteiger partial charge on any atom is -0.331 e. The van der Waals surface area contributed by atoms with Crippen LogP contribution in [0.25, 0.3) is 11.3 Å². The SMILES string of the molecule is CC(=O)Nc1cc(Cl)ccc1-c1cc2n(n1)[C@@H](C)CN(Cc1ccc(C#N)cc1)C2=O. The van der Waals surface area contributed by atoms with E-state index in [9.17, 15) is 9.59 Å². The number of amides is 2. The highest BCUT2D eigenvalue weighted by Crippen LogP contribution is 2.33. The van der Waals surface area contributed by atoms with Crippen LogP contribution < -0.4 is 5.32 Å². The molecular formula is C23H20ClN5O2. The molecule has 4 rings (SSSR count). The number of carbonyl (C=O) groups excluding carboxylic acids is 2. The summed E-state index contributed by atoms with van der Waals surface area (Å²) in [4.78, 5) is 26.6. The summed E-state index contributed by atoms with van der Waals surface area (Å²) < 4.78 is 1.74. The molecule has 31 heavy (non-hydrogen) atoms. The third kappa shape index (κ3) is 4.16. The fourth-order valence-corrected chi connectivity index (χ4v) is 3.91. The molecule has 2 aromatic carbocycles. The topological polar surface area (TPSA) is 91.0 Å². The van der Waals surface area contributed by atoms with Crippen molar-refractivity contribution in [2.45, 2.75) is 26.4 Å².